The van der Waals surface area contributed by atoms with Crippen molar-refractivity contribution >= 4 is 29.1 Å². The quantitative estimate of drug-likeness (QED) is 0.326. The molecule has 0 aliphatic rings. The van der Waals surface area contributed by atoms with Crippen molar-refractivity contribution in [2.45, 2.75) is 13.0 Å². The molecule has 0 unspecified atom stereocenters. The van der Waals surface area contributed by atoms with Crippen LogP contribution in [0.5, 0.6) is 0 Å². The number of ketones is 2. The Kier molecular flexibility index (Phi) is 6.35. The number of carbonyl (C=O) groups is 3. The monoisotopic (exact) mass is 392 g/mol. The Balaban J connectivity index is 1.68. The third-order valence-corrected chi connectivity index (χ3v) is 4.38. The third-order valence-electron chi connectivity index (χ3n) is 4.13. The number of hydrogen-bond donors (Lipinski definition) is 0. The van der Waals surface area contributed by atoms with Crippen molar-refractivity contribution in [2.75, 3.05) is 0 Å². The second-order valence-electron chi connectivity index (χ2n) is 6.13. The average Bonchev–Trinajstić information content (AvgIpc) is 2.73. The minimum atomic E-state index is -0.651. The molecule has 0 saturated carbocycles. The van der Waals surface area contributed by atoms with Gasteiger partial charge in [0.25, 0.3) is 0 Å². The molecule has 0 saturated heterocycles. The van der Waals surface area contributed by atoms with Crippen LogP contribution < -0.4 is 0 Å². The number of Topliss-reactive ketones (excluding diaryl/α,β-unsaturated/α-hetero) is 1. The normalized spacial score (nSPS) is 10.3. The molecule has 0 bridgehead atoms. The Labute approximate surface area is 167 Å². The molecule has 0 aliphatic heterocycles. The van der Waals surface area contributed by atoms with E-state index in [-0.39, 0.29) is 23.5 Å². The minimum absolute atomic E-state index is 0.0495. The van der Waals surface area contributed by atoms with Crippen molar-refractivity contribution in [2.24, 2.45) is 0 Å². The first-order chi connectivity index (χ1) is 13.5. The number of halogens is 1. The predicted octanol–water partition coefficient (Wildman–Crippen LogP) is 4.89. The summed E-state index contributed by atoms with van der Waals surface area (Å²) in [7, 11) is 0. The fourth-order valence-electron chi connectivity index (χ4n) is 2.69. The van der Waals surface area contributed by atoms with Gasteiger partial charge in [0.15, 0.2) is 11.6 Å². The largest absolute Gasteiger partial charge is 0.460 e. The van der Waals surface area contributed by atoms with E-state index < -0.39 is 18.2 Å². The van der Waals surface area contributed by atoms with Gasteiger partial charge in [0.2, 0.25) is 0 Å². The Morgan fingerprint density at radius 2 is 1.36 bits per heavy atom. The van der Waals surface area contributed by atoms with E-state index in [9.17, 15) is 14.4 Å². The Morgan fingerprint density at radius 1 is 0.750 bits per heavy atom. The molecule has 0 radical (unpaired) electrons. The molecule has 0 N–H and O–H groups in total. The van der Waals surface area contributed by atoms with Gasteiger partial charge in [0.05, 0.1) is 0 Å². The number of carbonyl (C=O) groups excluding carboxylic acids is 3. The Hall–Kier alpha value is -3.24. The summed E-state index contributed by atoms with van der Waals surface area (Å²) in [6.45, 7) is 0.0495. The number of rotatable bonds is 7. The number of ether oxygens (including phenoxy) is 1. The molecule has 0 heterocycles. The molecule has 3 aromatic carbocycles. The van der Waals surface area contributed by atoms with E-state index in [4.69, 9.17) is 16.3 Å². The molecule has 0 aromatic heterocycles. The Morgan fingerprint density at radius 3 is 2.04 bits per heavy atom. The summed E-state index contributed by atoms with van der Waals surface area (Å²) in [5.41, 5.74) is 1.72. The van der Waals surface area contributed by atoms with Crippen molar-refractivity contribution in [3.05, 3.63) is 106 Å². The first-order valence-electron chi connectivity index (χ1n) is 8.66. The SMILES string of the molecule is O=C(CC(=O)c1ccccc1C(=O)c1ccccc1)OCc1ccc(Cl)cc1. The lowest BCUT2D eigenvalue weighted by Crippen LogP contribution is -2.15. The van der Waals surface area contributed by atoms with Crippen molar-refractivity contribution in [3.8, 4) is 0 Å². The molecule has 5 heteroatoms. The average molecular weight is 393 g/mol. The maximum absolute atomic E-state index is 12.7. The first kappa shape index (κ1) is 19.5. The van der Waals surface area contributed by atoms with Gasteiger partial charge in [-0.25, -0.2) is 0 Å². The summed E-state index contributed by atoms with van der Waals surface area (Å²) in [4.78, 5) is 37.4. The summed E-state index contributed by atoms with van der Waals surface area (Å²) in [5, 5.41) is 0.588. The Bertz CT molecular complexity index is 995. The van der Waals surface area contributed by atoms with Gasteiger partial charge in [-0.05, 0) is 17.7 Å². The molecule has 0 fully saturated rings. The van der Waals surface area contributed by atoms with Gasteiger partial charge < -0.3 is 4.74 Å². The number of benzene rings is 3. The number of hydrogen-bond acceptors (Lipinski definition) is 4. The van der Waals surface area contributed by atoms with Gasteiger partial charge in [-0.2, -0.15) is 0 Å². The van der Waals surface area contributed by atoms with E-state index in [1.54, 1.807) is 72.8 Å². The topological polar surface area (TPSA) is 60.4 Å². The van der Waals surface area contributed by atoms with Crippen LogP contribution in [-0.4, -0.2) is 17.5 Å². The molecule has 0 spiro atoms. The third kappa shape index (κ3) is 4.93. The minimum Gasteiger partial charge on any atom is -0.460 e. The van der Waals surface area contributed by atoms with Gasteiger partial charge in [0.1, 0.15) is 13.0 Å². The van der Waals surface area contributed by atoms with Gasteiger partial charge in [-0.3, -0.25) is 14.4 Å². The molecule has 0 aliphatic carbocycles. The van der Waals surface area contributed by atoms with Gasteiger partial charge in [0, 0.05) is 21.7 Å². The second-order valence-corrected chi connectivity index (χ2v) is 6.56. The van der Waals surface area contributed by atoms with E-state index in [0.29, 0.717) is 10.6 Å². The molecule has 3 aromatic rings. The van der Waals surface area contributed by atoms with Crippen LogP contribution in [-0.2, 0) is 16.1 Å². The van der Waals surface area contributed by atoms with E-state index in [1.807, 2.05) is 6.07 Å². The smallest absolute Gasteiger partial charge is 0.314 e. The van der Waals surface area contributed by atoms with Gasteiger partial charge in [-0.1, -0.05) is 78.3 Å². The van der Waals surface area contributed by atoms with E-state index in [2.05, 4.69) is 0 Å². The summed E-state index contributed by atoms with van der Waals surface area (Å²) in [5.74, 6) is -1.37. The fraction of sp³-hybridized carbons (Fsp3) is 0.0870. The van der Waals surface area contributed by atoms with Crippen molar-refractivity contribution in [1.82, 2.24) is 0 Å². The van der Waals surface area contributed by atoms with Crippen LogP contribution in [0.1, 0.15) is 38.3 Å². The van der Waals surface area contributed by atoms with Gasteiger partial charge in [-0.15, -0.1) is 0 Å². The van der Waals surface area contributed by atoms with E-state index in [1.165, 1.54) is 0 Å². The van der Waals surface area contributed by atoms with Crippen LogP contribution in [0.3, 0.4) is 0 Å². The standard InChI is InChI=1S/C23H17ClO4/c24-18-12-10-16(11-13-18)15-28-22(26)14-21(25)19-8-4-5-9-20(19)23(27)17-6-2-1-3-7-17/h1-13H,14-15H2. The fourth-order valence-corrected chi connectivity index (χ4v) is 2.82. The van der Waals surface area contributed by atoms with Crippen LogP contribution in [0.25, 0.3) is 0 Å². The molecular weight excluding hydrogens is 376 g/mol. The lowest BCUT2D eigenvalue weighted by molar-refractivity contribution is -0.143. The zero-order valence-electron chi connectivity index (χ0n) is 14.9. The lowest BCUT2D eigenvalue weighted by atomic mass is 9.95. The highest BCUT2D eigenvalue weighted by molar-refractivity contribution is 6.30. The van der Waals surface area contributed by atoms with Crippen LogP contribution in [0.4, 0.5) is 0 Å². The van der Waals surface area contributed by atoms with Crippen molar-refractivity contribution in [3.63, 3.8) is 0 Å². The highest BCUT2D eigenvalue weighted by Crippen LogP contribution is 2.17. The lowest BCUT2D eigenvalue weighted by Gasteiger charge is -2.09. The molecule has 3 rings (SSSR count). The molecular formula is C23H17ClO4. The van der Waals surface area contributed by atoms with Crippen LogP contribution in [0.15, 0.2) is 78.9 Å². The summed E-state index contributed by atoms with van der Waals surface area (Å²) < 4.78 is 5.16. The highest BCUT2D eigenvalue weighted by Gasteiger charge is 2.20. The summed E-state index contributed by atoms with van der Waals surface area (Å²) >= 11 is 5.82. The summed E-state index contributed by atoms with van der Waals surface area (Å²) in [6.07, 6.45) is -0.438. The van der Waals surface area contributed by atoms with E-state index in [0.717, 1.165) is 5.56 Å². The highest BCUT2D eigenvalue weighted by atomic mass is 35.5. The van der Waals surface area contributed by atoms with Crippen molar-refractivity contribution < 1.29 is 19.1 Å². The van der Waals surface area contributed by atoms with Crippen molar-refractivity contribution in [1.29, 1.82) is 0 Å². The molecule has 28 heavy (non-hydrogen) atoms. The zero-order chi connectivity index (χ0) is 19.9. The van der Waals surface area contributed by atoms with Gasteiger partial charge >= 0.3 is 5.97 Å². The van der Waals surface area contributed by atoms with E-state index >= 15 is 0 Å². The predicted molar refractivity (Wildman–Crippen MR) is 107 cm³/mol. The summed E-state index contributed by atoms with van der Waals surface area (Å²) in [6, 6.07) is 22.0. The maximum atomic E-state index is 12.7. The molecule has 140 valence electrons. The number of esters is 1. The second kappa shape index (κ2) is 9.11. The van der Waals surface area contributed by atoms with Crippen LogP contribution in [0.2, 0.25) is 5.02 Å². The van der Waals surface area contributed by atoms with Crippen LogP contribution in [0, 0.1) is 0 Å². The zero-order valence-corrected chi connectivity index (χ0v) is 15.7. The molecule has 0 atom stereocenters. The molecule has 4 nitrogen and oxygen atoms in total. The van der Waals surface area contributed by atoms with Crippen LogP contribution >= 0.6 is 11.6 Å². The molecule has 0 amide bonds. The first-order valence-corrected chi connectivity index (χ1v) is 9.04. The maximum Gasteiger partial charge on any atom is 0.314 e.